The molecule has 1 aliphatic heterocycles. The number of benzene rings is 1. The van der Waals surface area contributed by atoms with Crippen molar-refractivity contribution in [3.05, 3.63) is 51.9 Å². The van der Waals surface area contributed by atoms with Crippen molar-refractivity contribution in [2.75, 3.05) is 45.2 Å². The van der Waals surface area contributed by atoms with Crippen LogP contribution in [0.3, 0.4) is 0 Å². The van der Waals surface area contributed by atoms with Gasteiger partial charge in [0.1, 0.15) is 11.3 Å². The van der Waals surface area contributed by atoms with Crippen molar-refractivity contribution in [1.82, 2.24) is 9.47 Å². The molecule has 7 heteroatoms. The molecule has 0 atom stereocenters. The molecule has 1 fully saturated rings. The lowest BCUT2D eigenvalue weighted by Gasteiger charge is -2.34. The highest BCUT2D eigenvalue weighted by atomic mass is 16.5. The van der Waals surface area contributed by atoms with E-state index in [1.165, 1.54) is 4.57 Å². The van der Waals surface area contributed by atoms with Crippen LogP contribution in [0.1, 0.15) is 15.9 Å². The van der Waals surface area contributed by atoms with E-state index in [9.17, 15) is 14.7 Å². The Balaban J connectivity index is 2.03. The first kappa shape index (κ1) is 18.0. The second-order valence-electron chi connectivity index (χ2n) is 6.50. The molecule has 26 heavy (non-hydrogen) atoms. The summed E-state index contributed by atoms with van der Waals surface area (Å²) < 4.78 is 6.82. The third kappa shape index (κ3) is 3.30. The summed E-state index contributed by atoms with van der Waals surface area (Å²) >= 11 is 0. The molecule has 0 aliphatic carbocycles. The number of likely N-dealkylation sites (N-methyl/N-ethyl adjacent to an activating group) is 1. The van der Waals surface area contributed by atoms with E-state index < -0.39 is 11.5 Å². The average Bonchev–Trinajstić information content (AvgIpc) is 2.62. The third-order valence-corrected chi connectivity index (χ3v) is 4.81. The fourth-order valence-corrected chi connectivity index (χ4v) is 3.20. The number of hydrogen-bond acceptors (Lipinski definition) is 5. The van der Waals surface area contributed by atoms with Crippen LogP contribution in [0, 0.1) is 6.92 Å². The number of nitrogens with zero attached hydrogens (tertiary/aromatic N) is 3. The fraction of sp³-hybridized carbons (Fsp3) is 0.368. The number of ether oxygens (including phenoxy) is 1. The highest BCUT2D eigenvalue weighted by Crippen LogP contribution is 2.28. The molecule has 0 spiro atoms. The number of pyridine rings is 1. The van der Waals surface area contributed by atoms with Gasteiger partial charge in [-0.05, 0) is 37.7 Å². The van der Waals surface area contributed by atoms with Crippen LogP contribution in [0.4, 0.5) is 5.69 Å². The Morgan fingerprint density at radius 3 is 2.46 bits per heavy atom. The number of methoxy groups -OCH3 is 1. The van der Waals surface area contributed by atoms with Gasteiger partial charge in [-0.15, -0.1) is 0 Å². The van der Waals surface area contributed by atoms with E-state index in [0.717, 1.165) is 31.9 Å². The Kier molecular flexibility index (Phi) is 4.99. The monoisotopic (exact) mass is 357 g/mol. The maximum Gasteiger partial charge on any atom is 0.341 e. The summed E-state index contributed by atoms with van der Waals surface area (Å²) in [5.74, 6) is -0.696. The number of aromatic nitrogens is 1. The van der Waals surface area contributed by atoms with Gasteiger partial charge in [0.2, 0.25) is 0 Å². The molecule has 1 saturated heterocycles. The smallest absolute Gasteiger partial charge is 0.341 e. The van der Waals surface area contributed by atoms with Gasteiger partial charge in [0.05, 0.1) is 12.8 Å². The van der Waals surface area contributed by atoms with Crippen LogP contribution < -0.4 is 15.2 Å². The number of anilines is 1. The van der Waals surface area contributed by atoms with E-state index in [1.807, 2.05) is 12.1 Å². The molecule has 7 nitrogen and oxygen atoms in total. The number of piperazine rings is 1. The minimum absolute atomic E-state index is 0.224. The zero-order valence-corrected chi connectivity index (χ0v) is 15.2. The van der Waals surface area contributed by atoms with E-state index in [1.54, 1.807) is 32.4 Å². The number of rotatable bonds is 4. The summed E-state index contributed by atoms with van der Waals surface area (Å²) in [5, 5.41) is 9.32. The van der Waals surface area contributed by atoms with Gasteiger partial charge < -0.3 is 19.6 Å². The number of carboxylic acids is 1. The molecule has 2 heterocycles. The first-order valence-electron chi connectivity index (χ1n) is 8.50. The van der Waals surface area contributed by atoms with Crippen molar-refractivity contribution in [1.29, 1.82) is 0 Å². The van der Waals surface area contributed by atoms with Crippen molar-refractivity contribution >= 4 is 11.7 Å². The summed E-state index contributed by atoms with van der Waals surface area (Å²) in [6.45, 7) is 5.44. The Bertz CT molecular complexity index is 883. The van der Waals surface area contributed by atoms with Gasteiger partial charge in [0.15, 0.2) is 0 Å². The second kappa shape index (κ2) is 7.21. The maximum atomic E-state index is 12.6. The van der Waals surface area contributed by atoms with E-state index in [0.29, 0.717) is 17.0 Å². The average molecular weight is 357 g/mol. The molecule has 2 aromatic rings. The van der Waals surface area contributed by atoms with Crippen molar-refractivity contribution in [3.63, 3.8) is 0 Å². The zero-order chi connectivity index (χ0) is 18.8. The van der Waals surface area contributed by atoms with E-state index >= 15 is 0 Å². The summed E-state index contributed by atoms with van der Waals surface area (Å²) in [6.07, 6.45) is 1.58. The fourth-order valence-electron chi connectivity index (χ4n) is 3.20. The Hall–Kier alpha value is -2.80. The zero-order valence-electron chi connectivity index (χ0n) is 15.2. The first-order chi connectivity index (χ1) is 12.4. The van der Waals surface area contributed by atoms with E-state index in [-0.39, 0.29) is 5.56 Å². The van der Waals surface area contributed by atoms with Crippen LogP contribution in [0.25, 0.3) is 5.69 Å². The largest absolute Gasteiger partial charge is 0.494 e. The van der Waals surface area contributed by atoms with Crippen molar-refractivity contribution in [2.24, 2.45) is 0 Å². The lowest BCUT2D eigenvalue weighted by Crippen LogP contribution is -2.44. The van der Waals surface area contributed by atoms with Gasteiger partial charge in [-0.3, -0.25) is 9.36 Å². The van der Waals surface area contributed by atoms with Crippen molar-refractivity contribution < 1.29 is 14.6 Å². The summed E-state index contributed by atoms with van der Waals surface area (Å²) in [5.41, 5.74) is 1.20. The quantitative estimate of drug-likeness (QED) is 0.896. The van der Waals surface area contributed by atoms with Crippen molar-refractivity contribution in [3.8, 4) is 11.4 Å². The lowest BCUT2D eigenvalue weighted by atomic mass is 10.1. The Morgan fingerprint density at radius 2 is 1.85 bits per heavy atom. The molecule has 0 amide bonds. The standard InChI is InChI=1S/C19H23N3O4/c1-13-6-7-22(18(23)17(13)19(24)25)15-5-4-14(12-16(15)26-3)21-10-8-20(2)9-11-21/h4-7,12H,8-11H2,1-3H3,(H,24,25). The molecule has 0 bridgehead atoms. The summed E-state index contributed by atoms with van der Waals surface area (Å²) in [6, 6.07) is 7.26. The molecule has 3 rings (SSSR count). The van der Waals surface area contributed by atoms with Gasteiger partial charge in [-0.25, -0.2) is 4.79 Å². The Labute approximate surface area is 152 Å². The molecule has 1 aliphatic rings. The van der Waals surface area contributed by atoms with E-state index in [2.05, 4.69) is 16.8 Å². The van der Waals surface area contributed by atoms with Gasteiger partial charge in [-0.1, -0.05) is 0 Å². The molecule has 1 aromatic carbocycles. The maximum absolute atomic E-state index is 12.6. The van der Waals surface area contributed by atoms with Crippen LogP contribution in [-0.4, -0.2) is 60.9 Å². The van der Waals surface area contributed by atoms with Crippen LogP contribution in [0.5, 0.6) is 5.75 Å². The second-order valence-corrected chi connectivity index (χ2v) is 6.50. The van der Waals surface area contributed by atoms with Crippen LogP contribution in [-0.2, 0) is 0 Å². The lowest BCUT2D eigenvalue weighted by molar-refractivity contribution is 0.0693. The predicted octanol–water partition coefficient (Wildman–Crippen LogP) is 1.60. The SMILES string of the molecule is COc1cc(N2CCN(C)CC2)ccc1-n1ccc(C)c(C(=O)O)c1=O. The summed E-state index contributed by atoms with van der Waals surface area (Å²) in [4.78, 5) is 28.6. The highest BCUT2D eigenvalue weighted by molar-refractivity contribution is 5.88. The molecule has 0 radical (unpaired) electrons. The van der Waals surface area contributed by atoms with Crippen molar-refractivity contribution in [2.45, 2.75) is 6.92 Å². The number of aryl methyl sites for hydroxylation is 1. The first-order valence-corrected chi connectivity index (χ1v) is 8.50. The van der Waals surface area contributed by atoms with Gasteiger partial charge in [0, 0.05) is 44.1 Å². The molecule has 1 aromatic heterocycles. The number of carboxylic acid groups (broad SMARTS) is 1. The highest BCUT2D eigenvalue weighted by Gasteiger charge is 2.19. The van der Waals surface area contributed by atoms with Gasteiger partial charge in [-0.2, -0.15) is 0 Å². The molecule has 0 unspecified atom stereocenters. The predicted molar refractivity (Wildman–Crippen MR) is 100.0 cm³/mol. The number of hydrogen-bond donors (Lipinski definition) is 1. The molecular formula is C19H23N3O4. The Morgan fingerprint density at radius 1 is 1.15 bits per heavy atom. The third-order valence-electron chi connectivity index (χ3n) is 4.81. The molecule has 0 saturated carbocycles. The van der Waals surface area contributed by atoms with Gasteiger partial charge >= 0.3 is 5.97 Å². The van der Waals surface area contributed by atoms with Crippen LogP contribution in [0.15, 0.2) is 35.3 Å². The molecule has 138 valence electrons. The minimum Gasteiger partial charge on any atom is -0.494 e. The van der Waals surface area contributed by atoms with E-state index in [4.69, 9.17) is 4.74 Å². The number of carbonyl (C=O) groups is 1. The van der Waals surface area contributed by atoms with Crippen LogP contribution in [0.2, 0.25) is 0 Å². The topological polar surface area (TPSA) is 75.0 Å². The van der Waals surface area contributed by atoms with Gasteiger partial charge in [0.25, 0.3) is 5.56 Å². The van der Waals surface area contributed by atoms with Crippen LogP contribution >= 0.6 is 0 Å². The number of aromatic carboxylic acids is 1. The summed E-state index contributed by atoms with van der Waals surface area (Å²) in [7, 11) is 3.65. The molecule has 1 N–H and O–H groups in total. The normalized spacial score (nSPS) is 15.1. The minimum atomic E-state index is -1.23. The molecular weight excluding hydrogens is 334 g/mol.